The maximum atomic E-state index is 2.73. The van der Waals surface area contributed by atoms with Gasteiger partial charge in [0.1, 0.15) is 0 Å². The van der Waals surface area contributed by atoms with E-state index < -0.39 is 21.3 Å². The zero-order chi connectivity index (χ0) is 28.5. The Bertz CT molecular complexity index is 1410. The van der Waals surface area contributed by atoms with E-state index in [1.165, 1.54) is 48.8 Å². The number of halogens is 2. The predicted molar refractivity (Wildman–Crippen MR) is 169 cm³/mol. The Balaban J connectivity index is 0.00000231. The Kier molecular flexibility index (Phi) is 10.4. The Morgan fingerprint density at radius 3 is 1.83 bits per heavy atom. The summed E-state index contributed by atoms with van der Waals surface area (Å²) in [5.74, 6) is 0.577. The molecule has 222 valence electrons. The molecule has 1 fully saturated rings. The van der Waals surface area contributed by atoms with Crippen LogP contribution in [0.15, 0.2) is 50.8 Å². The molecular weight excluding hydrogens is 619 g/mol. The average Bonchev–Trinajstić information content (AvgIpc) is 3.36. The molecule has 0 N–H and O–H groups in total. The van der Waals surface area contributed by atoms with Gasteiger partial charge in [-0.1, -0.05) is 0 Å². The molecule has 1 atom stereocenters. The first-order chi connectivity index (χ1) is 18.1. The van der Waals surface area contributed by atoms with E-state index in [1.807, 2.05) is 9.76 Å². The summed E-state index contributed by atoms with van der Waals surface area (Å²) in [4.78, 5) is 0. The Labute approximate surface area is 271 Å². The van der Waals surface area contributed by atoms with Gasteiger partial charge >= 0.3 is 249 Å². The van der Waals surface area contributed by atoms with Gasteiger partial charge in [-0.15, -0.1) is 0 Å². The normalized spacial score (nSPS) is 18.6. The molecule has 0 aliphatic heterocycles. The fourth-order valence-corrected chi connectivity index (χ4v) is 16.6. The molecule has 3 heteroatoms. The minimum absolute atomic E-state index is 0. The summed E-state index contributed by atoms with van der Waals surface area (Å²) in [5, 5.41) is 0. The molecule has 41 heavy (non-hydrogen) atoms. The molecular formula is C38H52Cl2Zr. The molecule has 0 nitrogen and oxygen atoms in total. The van der Waals surface area contributed by atoms with Crippen LogP contribution < -0.4 is 28.1 Å². The van der Waals surface area contributed by atoms with Gasteiger partial charge in [0.2, 0.25) is 0 Å². The third-order valence-corrected chi connectivity index (χ3v) is 18.3. The third kappa shape index (κ3) is 6.69. The molecule has 0 aromatic heterocycles. The topological polar surface area (TPSA) is 0 Å². The van der Waals surface area contributed by atoms with Crippen molar-refractivity contribution in [3.63, 3.8) is 0 Å². The van der Waals surface area contributed by atoms with E-state index in [1.54, 1.807) is 27.8 Å². The van der Waals surface area contributed by atoms with Crippen molar-refractivity contribution in [1.29, 1.82) is 0 Å². The summed E-state index contributed by atoms with van der Waals surface area (Å²) >= 11 is -2.35. The summed E-state index contributed by atoms with van der Waals surface area (Å²) in [6.45, 7) is 26.5. The van der Waals surface area contributed by atoms with Gasteiger partial charge in [0, 0.05) is 0 Å². The van der Waals surface area contributed by atoms with Gasteiger partial charge in [0.15, 0.2) is 0 Å². The molecule has 0 radical (unpaired) electrons. The Morgan fingerprint density at radius 2 is 1.29 bits per heavy atom. The van der Waals surface area contributed by atoms with Gasteiger partial charge in [0.05, 0.1) is 0 Å². The molecule has 3 aliphatic rings. The van der Waals surface area contributed by atoms with Crippen molar-refractivity contribution in [1.82, 2.24) is 0 Å². The van der Waals surface area contributed by atoms with Crippen LogP contribution in [0.2, 0.25) is 0 Å². The van der Waals surface area contributed by atoms with Gasteiger partial charge in [-0.2, -0.15) is 0 Å². The summed E-state index contributed by atoms with van der Waals surface area (Å²) in [5.41, 5.74) is 13.1. The summed E-state index contributed by atoms with van der Waals surface area (Å²) in [7, 11) is 0. The smallest absolute Gasteiger partial charge is 1.00 e. The van der Waals surface area contributed by atoms with E-state index in [9.17, 15) is 0 Å². The van der Waals surface area contributed by atoms with Crippen LogP contribution in [-0.4, -0.2) is 3.21 Å². The van der Waals surface area contributed by atoms with Gasteiger partial charge in [0.25, 0.3) is 0 Å². The number of benzene rings is 2. The Hall–Kier alpha value is -0.747. The summed E-state index contributed by atoms with van der Waals surface area (Å²) in [6.07, 6.45) is 10.7. The number of hydrogen-bond donors (Lipinski definition) is 0. The van der Waals surface area contributed by atoms with E-state index in [0.29, 0.717) is 5.92 Å². The molecule has 1 saturated carbocycles. The van der Waals surface area contributed by atoms with Crippen LogP contribution in [0.5, 0.6) is 0 Å². The van der Waals surface area contributed by atoms with E-state index >= 15 is 0 Å². The third-order valence-electron chi connectivity index (χ3n) is 9.59. The van der Waals surface area contributed by atoms with E-state index in [2.05, 4.69) is 113 Å². The largest absolute Gasteiger partial charge is 1.00 e. The first-order valence-corrected chi connectivity index (χ1v) is 19.2. The van der Waals surface area contributed by atoms with Crippen molar-refractivity contribution < 1.29 is 46.1 Å². The number of rotatable bonds is 2. The average molecular weight is 671 g/mol. The van der Waals surface area contributed by atoms with Crippen molar-refractivity contribution >= 4 is 6.48 Å². The van der Waals surface area contributed by atoms with Crippen molar-refractivity contribution in [2.24, 2.45) is 11.3 Å². The van der Waals surface area contributed by atoms with Gasteiger partial charge in [-0.05, 0) is 0 Å². The number of hydrogen-bond acceptors (Lipinski definition) is 0. The van der Waals surface area contributed by atoms with Crippen LogP contribution in [0.1, 0.15) is 131 Å². The standard InChI is InChI=1S/C21H25.C11H17.C6H10.2ClH.Zr/c1-20(2,3)16-9-7-14-11-15-8-10-17(21(4,5)6)13-19(15)18(14)12-16;1-8-6-9(2)10(7-8)11(3,4)5;1-2-4-6-5-3-1;;;/h7,9-10,12-13H,11H2,1-6H3;7-8H,1-5H3;1-5H2;2*1H;/q;;;;;+2/p-2. The maximum Gasteiger partial charge on any atom is -1.00 e. The van der Waals surface area contributed by atoms with E-state index in [0.717, 1.165) is 6.42 Å². The number of fused-ring (bicyclic) bond motifs is 3. The van der Waals surface area contributed by atoms with Crippen LogP contribution >= 0.6 is 0 Å². The van der Waals surface area contributed by atoms with Crippen molar-refractivity contribution in [2.75, 3.05) is 0 Å². The van der Waals surface area contributed by atoms with Crippen molar-refractivity contribution in [2.45, 2.75) is 126 Å². The molecule has 3 aliphatic carbocycles. The van der Waals surface area contributed by atoms with Crippen LogP contribution in [-0.2, 0) is 38.5 Å². The quantitative estimate of drug-likeness (QED) is 0.385. The SMILES string of the molecule is CC1=[C]([Zr+2](=[C]2CCCCC2)[c]2cc(C(C)(C)C)cc3c2Cc2ccc(C(C)(C)C)cc2-3)C(C)C=C1C(C)(C)C.[Cl-].[Cl-]. The van der Waals surface area contributed by atoms with Crippen LogP contribution in [0.25, 0.3) is 11.1 Å². The minimum atomic E-state index is -2.35. The second-order valence-electron chi connectivity index (χ2n) is 15.8. The fourth-order valence-electron chi connectivity index (χ4n) is 7.32. The van der Waals surface area contributed by atoms with Gasteiger partial charge in [-0.3, -0.25) is 0 Å². The van der Waals surface area contributed by atoms with E-state index in [4.69, 9.17) is 0 Å². The number of allylic oxidation sites excluding steroid dienone is 4. The van der Waals surface area contributed by atoms with Crippen molar-refractivity contribution in [3.05, 3.63) is 73.1 Å². The minimum Gasteiger partial charge on any atom is -1.00 e. The zero-order valence-corrected chi connectivity index (χ0v) is 31.5. The molecule has 2 aromatic rings. The molecule has 0 amide bonds. The second-order valence-corrected chi connectivity index (χ2v) is 22.0. The molecule has 2 aromatic carbocycles. The van der Waals surface area contributed by atoms with Gasteiger partial charge < -0.3 is 24.8 Å². The maximum absolute atomic E-state index is 2.73. The molecule has 5 rings (SSSR count). The van der Waals surface area contributed by atoms with Gasteiger partial charge in [-0.25, -0.2) is 0 Å². The monoisotopic (exact) mass is 668 g/mol. The summed E-state index contributed by atoms with van der Waals surface area (Å²) < 4.78 is 5.70. The molecule has 0 spiro atoms. The summed E-state index contributed by atoms with van der Waals surface area (Å²) in [6, 6.07) is 12.7. The van der Waals surface area contributed by atoms with Crippen LogP contribution in [0.4, 0.5) is 0 Å². The van der Waals surface area contributed by atoms with Crippen LogP contribution in [0, 0.1) is 11.3 Å². The van der Waals surface area contributed by atoms with E-state index in [-0.39, 0.29) is 41.1 Å². The van der Waals surface area contributed by atoms with Crippen LogP contribution in [0.3, 0.4) is 0 Å². The molecule has 1 unspecified atom stereocenters. The fraction of sp³-hybridized carbons (Fsp3) is 0.553. The first-order valence-electron chi connectivity index (χ1n) is 15.5. The molecule has 0 bridgehead atoms. The molecule has 0 heterocycles. The Morgan fingerprint density at radius 1 is 0.707 bits per heavy atom. The van der Waals surface area contributed by atoms with Crippen molar-refractivity contribution in [3.8, 4) is 11.1 Å². The first kappa shape index (κ1) is 34.7. The second kappa shape index (κ2) is 12.3. The zero-order valence-electron chi connectivity index (χ0n) is 27.5. The molecule has 0 saturated heterocycles. The predicted octanol–water partition coefficient (Wildman–Crippen LogP) is 4.14.